The molecule has 134 heavy (non-hydrogen) atoms. The number of hydrogen-bond acceptors (Lipinski definition) is 2. The average molecular weight is 1750 g/mol. The predicted molar refractivity (Wildman–Crippen MR) is 575 cm³/mol. The van der Waals surface area contributed by atoms with Crippen molar-refractivity contribution in [2.24, 2.45) is 0 Å². The first-order chi connectivity index (χ1) is 70.9. The predicted octanol–water partition coefficient (Wildman–Crippen LogP) is 32.4. The van der Waals surface area contributed by atoms with E-state index in [0.29, 0.717) is 50.2 Å². The van der Waals surface area contributed by atoms with E-state index in [1.807, 2.05) is 66.7 Å². The zero-order valence-electron chi connectivity index (χ0n) is 95.0. The largest absolute Gasteiger partial charge is 0.310 e. The fraction of sp³-hybridized carbons (Fsp3) is 0.190. The van der Waals surface area contributed by atoms with E-state index in [1.54, 1.807) is 9.13 Å². The Hall–Kier alpha value is -14.6. The summed E-state index contributed by atoms with van der Waals surface area (Å²) in [6.07, 6.45) is 0. The molecule has 0 amide bonds. The van der Waals surface area contributed by atoms with Crippen LogP contribution in [0.15, 0.2) is 351 Å². The van der Waals surface area contributed by atoms with Gasteiger partial charge in [0.2, 0.25) is 0 Å². The van der Waals surface area contributed by atoms with Gasteiger partial charge in [0.05, 0.1) is 99.8 Å². The topological polar surface area (TPSA) is 31.1 Å². The van der Waals surface area contributed by atoms with Crippen molar-refractivity contribution in [2.75, 3.05) is 9.80 Å². The van der Waals surface area contributed by atoms with E-state index in [2.05, 4.69) is 336 Å². The van der Waals surface area contributed by atoms with Crippen LogP contribution in [0.4, 0.5) is 34.1 Å². The summed E-state index contributed by atoms with van der Waals surface area (Å²) in [6.45, 7) is 39.9. The van der Waals surface area contributed by atoms with Crippen molar-refractivity contribution in [3.63, 3.8) is 0 Å². The van der Waals surface area contributed by atoms with E-state index in [0.717, 1.165) is 133 Å². The SMILES string of the molecule is [2H]c1c([2H])c([2H])c2c(c1[2H])c1c([2H])c([2H])c([2H])c([2H])c1n2-c1ccc2c(c1)N(c1cccc3c4cccc(-n5c6c([2H])c([2H])c([2H])c([2H])c6c6c([2H])c([2H])c([2H])c([2H])c65)c4n(-c4ccccc4)c13)c1cc(-n3c4ccc(C(C)(C)C)cc4c4cc(C(C)(C)C)ccc43)cc3c1B2c1ccc(-n2c4ccc(C(C)(C)C)cc4c4cc(C(C)(C)C)ccc42)cc1N3c1c(-c2ccccc2)cc(C(C)(C)C)cc1-c1ccc(C(C)(C)C)cc1. The highest BCUT2D eigenvalue weighted by atomic mass is 15.2. The van der Waals surface area contributed by atoms with Crippen LogP contribution in [0.5, 0.6) is 0 Å². The lowest BCUT2D eigenvalue weighted by molar-refractivity contribution is 0.590. The van der Waals surface area contributed by atoms with Crippen LogP contribution >= 0.6 is 0 Å². The molecule has 7 nitrogen and oxygen atoms in total. The molecular formula is C126H112BN7. The number of aromatic nitrogens is 5. The fourth-order valence-corrected chi connectivity index (χ4v) is 21.5. The summed E-state index contributed by atoms with van der Waals surface area (Å²) in [5.74, 6) is 0. The molecule has 0 bridgehead atoms. The second kappa shape index (κ2) is 29.5. The Balaban J connectivity index is 0.937. The van der Waals surface area contributed by atoms with Crippen LogP contribution in [-0.2, 0) is 32.5 Å². The highest BCUT2D eigenvalue weighted by Gasteiger charge is 2.47. The molecule has 22 aromatic rings. The second-order valence-corrected chi connectivity index (χ2v) is 43.0. The molecule has 17 aromatic carbocycles. The van der Waals surface area contributed by atoms with Crippen molar-refractivity contribution >= 4 is 166 Å². The van der Waals surface area contributed by atoms with Crippen LogP contribution in [0.25, 0.3) is 160 Å². The molecule has 0 saturated heterocycles. The zero-order valence-corrected chi connectivity index (χ0v) is 79.0. The van der Waals surface area contributed by atoms with Crippen molar-refractivity contribution in [3.05, 3.63) is 385 Å². The normalized spacial score (nSPS) is 15.1. The van der Waals surface area contributed by atoms with Crippen molar-refractivity contribution < 1.29 is 21.9 Å². The van der Waals surface area contributed by atoms with Gasteiger partial charge in [-0.1, -0.05) is 331 Å². The molecule has 8 heteroatoms. The maximum Gasteiger partial charge on any atom is 0.252 e. The number of nitrogens with zero attached hydrogens (tertiary/aromatic N) is 7. The summed E-state index contributed by atoms with van der Waals surface area (Å²) in [5.41, 5.74) is 23.6. The van der Waals surface area contributed by atoms with Gasteiger partial charge in [0.15, 0.2) is 0 Å². The third-order valence-corrected chi connectivity index (χ3v) is 28.5. The molecule has 0 aliphatic carbocycles. The summed E-state index contributed by atoms with van der Waals surface area (Å²) < 4.78 is 166. The second-order valence-electron chi connectivity index (χ2n) is 43.0. The number of benzene rings is 17. The van der Waals surface area contributed by atoms with E-state index in [4.69, 9.17) is 0 Å². The molecule has 0 spiro atoms. The zero-order chi connectivity index (χ0) is 106. The van der Waals surface area contributed by atoms with E-state index in [9.17, 15) is 21.9 Å². The van der Waals surface area contributed by atoms with Gasteiger partial charge >= 0.3 is 0 Å². The third-order valence-electron chi connectivity index (χ3n) is 28.5. The molecule has 2 aliphatic heterocycles. The van der Waals surface area contributed by atoms with Gasteiger partial charge < -0.3 is 32.6 Å². The Morgan fingerprint density at radius 1 is 0.216 bits per heavy atom. The van der Waals surface area contributed by atoms with Crippen molar-refractivity contribution in [1.29, 1.82) is 0 Å². The van der Waals surface area contributed by atoms with Crippen LogP contribution in [0.1, 0.15) is 180 Å². The van der Waals surface area contributed by atoms with E-state index in [1.165, 1.54) is 11.1 Å². The minimum atomic E-state index is -0.759. The van der Waals surface area contributed by atoms with E-state index in [-0.39, 0.29) is 76.4 Å². The molecule has 5 aromatic heterocycles. The molecule has 0 radical (unpaired) electrons. The minimum Gasteiger partial charge on any atom is -0.310 e. The lowest BCUT2D eigenvalue weighted by Crippen LogP contribution is -2.61. The van der Waals surface area contributed by atoms with Gasteiger partial charge in [-0.3, -0.25) is 0 Å². The smallest absolute Gasteiger partial charge is 0.252 e. The fourth-order valence-electron chi connectivity index (χ4n) is 21.5. The molecule has 2 aliphatic rings. The quantitative estimate of drug-likeness (QED) is 0.135. The Morgan fingerprint density at radius 2 is 0.560 bits per heavy atom. The average Bonchev–Trinajstić information content (AvgIpc) is 1.70. The van der Waals surface area contributed by atoms with Gasteiger partial charge in [0.1, 0.15) is 0 Å². The molecule has 0 fully saturated rings. The summed E-state index contributed by atoms with van der Waals surface area (Å²) in [5, 5.41) is 5.29. The minimum absolute atomic E-state index is 0.0633. The van der Waals surface area contributed by atoms with Gasteiger partial charge in [-0.05, 0) is 239 Å². The number of fused-ring (bicyclic) bond motifs is 19. The summed E-state index contributed by atoms with van der Waals surface area (Å²) in [6, 6.07) is 83.6. The summed E-state index contributed by atoms with van der Waals surface area (Å²) in [4.78, 5) is 4.89. The molecule has 0 atom stereocenters. The van der Waals surface area contributed by atoms with Gasteiger partial charge in [-0.15, -0.1) is 0 Å². The number of anilines is 6. The van der Waals surface area contributed by atoms with Crippen LogP contribution in [0.2, 0.25) is 0 Å². The maximum absolute atomic E-state index is 10.2. The molecule has 654 valence electrons. The highest BCUT2D eigenvalue weighted by Crippen LogP contribution is 2.56. The highest BCUT2D eigenvalue weighted by molar-refractivity contribution is 7.00. The first-order valence-corrected chi connectivity index (χ1v) is 46.7. The lowest BCUT2D eigenvalue weighted by Gasteiger charge is -2.45. The Bertz CT molecular complexity index is 9430. The summed E-state index contributed by atoms with van der Waals surface area (Å²) in [7, 11) is 0. The number of rotatable bonds is 9. The van der Waals surface area contributed by atoms with Gasteiger partial charge in [-0.25, -0.2) is 0 Å². The molecule has 0 saturated carbocycles. The summed E-state index contributed by atoms with van der Waals surface area (Å²) >= 11 is 0. The van der Waals surface area contributed by atoms with Crippen molar-refractivity contribution in [1.82, 2.24) is 22.8 Å². The standard InChI is InChI=1S/C126H112BN7/c1-121(2,3)79-53-51-78(52-54-79)96-72-84(126(16,17)18)71-95(77-35-21-19-22-36-77)118(96)134-114-74-87(129-107-63-55-80(122(4,5)6)67-97(107)98-68-81(123(7,8)9)56-64-108(98)129)60-62-102(114)127-101-61-59-86(128-103-45-29-25-39-89(103)90-40-26-30-46-104(90)128)73-113(101)133(115-75-88(76-116(134)117(115)127)130-109-65-57-82(124(10,11)12)69-99(109)100-70-83(125(13,14)15)58-66-110(100)130)112-50-34-44-94-93-43-33-49-111(119(93)131(120(94)112)85-37-23-20-24-38-85)132-105-47-31-27-41-91(105)92-42-28-32-48-106(92)132/h19-76H,1-18H3/i25D,26D,27D,28D,29D,30D,31D,32D,39D,40D,41D,42D,45D,46D,47D,48D. The number of hydrogen-bond donors (Lipinski definition) is 0. The molecule has 0 N–H and O–H groups in total. The monoisotopic (exact) mass is 1750 g/mol. The first-order valence-electron chi connectivity index (χ1n) is 54.7. The number of para-hydroxylation sites is 7. The Labute approximate surface area is 809 Å². The lowest BCUT2D eigenvalue weighted by atomic mass is 9.33. The van der Waals surface area contributed by atoms with Crippen molar-refractivity contribution in [3.8, 4) is 50.7 Å². The van der Waals surface area contributed by atoms with Crippen molar-refractivity contribution in [2.45, 2.75) is 157 Å². The van der Waals surface area contributed by atoms with E-state index < -0.39 is 109 Å². The van der Waals surface area contributed by atoms with E-state index >= 15 is 0 Å². The Kier molecular flexibility index (Phi) is 14.7. The van der Waals surface area contributed by atoms with Gasteiger partial charge in [-0.2, -0.15) is 0 Å². The van der Waals surface area contributed by atoms with Crippen LogP contribution in [0, 0.1) is 0 Å². The van der Waals surface area contributed by atoms with Gasteiger partial charge in [0, 0.05) is 105 Å². The third kappa shape index (κ3) is 12.7. The van der Waals surface area contributed by atoms with Crippen LogP contribution in [-0.4, -0.2) is 29.5 Å². The molecule has 0 unspecified atom stereocenters. The van der Waals surface area contributed by atoms with Gasteiger partial charge in [0.25, 0.3) is 6.71 Å². The first kappa shape index (κ1) is 66.7. The molecule has 7 heterocycles. The van der Waals surface area contributed by atoms with Crippen LogP contribution < -0.4 is 26.2 Å². The maximum atomic E-state index is 10.2. The van der Waals surface area contributed by atoms with Crippen LogP contribution in [0.3, 0.4) is 0 Å². The molecule has 24 rings (SSSR count). The molecular weight excluding hydrogens is 1620 g/mol. The Morgan fingerprint density at radius 3 is 0.985 bits per heavy atom.